The maximum Gasteiger partial charge on any atom is 0.318 e. The zero-order chi connectivity index (χ0) is 23.8. The first-order valence-electron chi connectivity index (χ1n) is 11.6. The molecule has 2 aliphatic rings. The Morgan fingerprint density at radius 1 is 1.21 bits per heavy atom. The normalized spacial score (nSPS) is 21.1. The molecule has 1 aliphatic carbocycles. The van der Waals surface area contributed by atoms with Gasteiger partial charge in [-0.25, -0.2) is 4.98 Å². The van der Waals surface area contributed by atoms with Gasteiger partial charge in [0.05, 0.1) is 5.69 Å². The van der Waals surface area contributed by atoms with Gasteiger partial charge in [-0.3, -0.25) is 13.9 Å². The van der Waals surface area contributed by atoms with Crippen molar-refractivity contribution in [3.05, 3.63) is 42.2 Å². The summed E-state index contributed by atoms with van der Waals surface area (Å²) in [6.07, 6.45) is 7.28. The zero-order valence-corrected chi connectivity index (χ0v) is 20.1. The lowest BCUT2D eigenvalue weighted by molar-refractivity contribution is -0.154. The number of aromatic nitrogens is 2. The number of aromatic amines is 1. The predicted octanol–water partition coefficient (Wildman–Crippen LogP) is 3.81. The highest BCUT2D eigenvalue weighted by Crippen LogP contribution is 2.52. The standard InChI is InChI=1S/C24H31N3O5S/c1-4-11-24(12-5-2)21(28)20(22(29)32-24)19(16-9-10-16)17-7-6-8-18(15-17)27(3)33(30,31)23-25-13-14-26-23/h6-8,13-16,19-20H,4-5,9-12H2,1-3H3,(H,25,26). The minimum Gasteiger partial charge on any atom is -0.450 e. The van der Waals surface area contributed by atoms with Crippen molar-refractivity contribution in [1.29, 1.82) is 0 Å². The molecular formula is C24H31N3O5S. The minimum atomic E-state index is -3.86. The van der Waals surface area contributed by atoms with Gasteiger partial charge in [0.1, 0.15) is 5.92 Å². The van der Waals surface area contributed by atoms with E-state index in [1.54, 1.807) is 18.2 Å². The molecule has 1 aromatic heterocycles. The quantitative estimate of drug-likeness (QED) is 0.415. The molecule has 2 unspecified atom stereocenters. The van der Waals surface area contributed by atoms with Crippen molar-refractivity contribution in [3.8, 4) is 0 Å². The molecule has 2 atom stereocenters. The van der Waals surface area contributed by atoms with E-state index >= 15 is 0 Å². The van der Waals surface area contributed by atoms with Gasteiger partial charge >= 0.3 is 5.97 Å². The van der Waals surface area contributed by atoms with Crippen molar-refractivity contribution in [2.75, 3.05) is 11.4 Å². The van der Waals surface area contributed by atoms with Gasteiger partial charge in [-0.15, -0.1) is 0 Å². The molecule has 0 spiro atoms. The lowest BCUT2D eigenvalue weighted by Crippen LogP contribution is -2.38. The molecule has 0 bridgehead atoms. The van der Waals surface area contributed by atoms with Crippen LogP contribution >= 0.6 is 0 Å². The molecule has 9 heteroatoms. The number of carbonyl (C=O) groups excluding carboxylic acids is 2. The summed E-state index contributed by atoms with van der Waals surface area (Å²) in [5.41, 5.74) is 0.201. The number of carbonyl (C=O) groups is 2. The van der Waals surface area contributed by atoms with Crippen LogP contribution in [0.4, 0.5) is 5.69 Å². The van der Waals surface area contributed by atoms with Crippen molar-refractivity contribution in [2.45, 2.75) is 69.0 Å². The summed E-state index contributed by atoms with van der Waals surface area (Å²) in [7, 11) is -2.40. The second-order valence-electron chi connectivity index (χ2n) is 9.08. The van der Waals surface area contributed by atoms with Gasteiger partial charge in [0, 0.05) is 25.4 Å². The number of anilines is 1. The highest BCUT2D eigenvalue weighted by Gasteiger charge is 2.58. The molecule has 178 valence electrons. The van der Waals surface area contributed by atoms with Gasteiger partial charge in [0.25, 0.3) is 10.0 Å². The van der Waals surface area contributed by atoms with Crippen molar-refractivity contribution >= 4 is 27.5 Å². The number of esters is 1. The summed E-state index contributed by atoms with van der Waals surface area (Å²) in [5, 5.41) is -0.146. The number of Topliss-reactive ketones (excluding diaryl/α,β-unsaturated/α-hetero) is 1. The fraction of sp³-hybridized carbons (Fsp3) is 0.542. The largest absolute Gasteiger partial charge is 0.450 e. The molecule has 2 aromatic rings. The van der Waals surface area contributed by atoms with Gasteiger partial charge in [0.2, 0.25) is 5.16 Å². The van der Waals surface area contributed by atoms with E-state index in [-0.39, 0.29) is 22.8 Å². The van der Waals surface area contributed by atoms with E-state index in [4.69, 9.17) is 4.74 Å². The summed E-state index contributed by atoms with van der Waals surface area (Å²) >= 11 is 0. The van der Waals surface area contributed by atoms with Gasteiger partial charge in [-0.05, 0) is 49.3 Å². The summed E-state index contributed by atoms with van der Waals surface area (Å²) in [4.78, 5) is 33.2. The van der Waals surface area contributed by atoms with Crippen LogP contribution in [-0.2, 0) is 24.3 Å². The lowest BCUT2D eigenvalue weighted by Gasteiger charge is -2.26. The van der Waals surface area contributed by atoms with Crippen LogP contribution in [0, 0.1) is 11.8 Å². The average Bonchev–Trinajstić information content (AvgIpc) is 3.39. The van der Waals surface area contributed by atoms with Crippen LogP contribution in [0.15, 0.2) is 41.8 Å². The summed E-state index contributed by atoms with van der Waals surface area (Å²) in [6, 6.07) is 7.11. The zero-order valence-electron chi connectivity index (χ0n) is 19.3. The number of cyclic esters (lactones) is 1. The Labute approximate surface area is 194 Å². The maximum atomic E-state index is 13.6. The lowest BCUT2D eigenvalue weighted by atomic mass is 9.75. The van der Waals surface area contributed by atoms with Crippen molar-refractivity contribution in [3.63, 3.8) is 0 Å². The highest BCUT2D eigenvalue weighted by molar-refractivity contribution is 7.92. The number of sulfonamides is 1. The summed E-state index contributed by atoms with van der Waals surface area (Å²) in [5.74, 6) is -1.53. The first-order chi connectivity index (χ1) is 15.7. The summed E-state index contributed by atoms with van der Waals surface area (Å²) in [6.45, 7) is 3.98. The smallest absolute Gasteiger partial charge is 0.318 e. The van der Waals surface area contributed by atoms with Crippen molar-refractivity contribution < 1.29 is 22.7 Å². The Hall–Kier alpha value is -2.68. The van der Waals surface area contributed by atoms with E-state index < -0.39 is 27.5 Å². The van der Waals surface area contributed by atoms with Crippen LogP contribution < -0.4 is 4.31 Å². The van der Waals surface area contributed by atoms with E-state index in [0.717, 1.165) is 35.6 Å². The number of hydrogen-bond donors (Lipinski definition) is 1. The molecule has 2 fully saturated rings. The van der Waals surface area contributed by atoms with Crippen LogP contribution in [0.1, 0.15) is 63.9 Å². The van der Waals surface area contributed by atoms with Crippen LogP contribution in [-0.4, -0.2) is 42.8 Å². The van der Waals surface area contributed by atoms with Crippen LogP contribution in [0.3, 0.4) is 0 Å². The van der Waals surface area contributed by atoms with Crippen LogP contribution in [0.25, 0.3) is 0 Å². The maximum absolute atomic E-state index is 13.6. The topological polar surface area (TPSA) is 109 Å². The van der Waals surface area contributed by atoms with Gasteiger partial charge in [0.15, 0.2) is 11.4 Å². The number of benzene rings is 1. The third-order valence-corrected chi connectivity index (χ3v) is 8.42. The van der Waals surface area contributed by atoms with Crippen LogP contribution in [0.5, 0.6) is 0 Å². The fourth-order valence-corrected chi connectivity index (χ4v) is 6.13. The van der Waals surface area contributed by atoms with E-state index in [9.17, 15) is 18.0 Å². The van der Waals surface area contributed by atoms with E-state index in [1.165, 1.54) is 19.4 Å². The third kappa shape index (κ3) is 4.18. The number of hydrogen-bond acceptors (Lipinski definition) is 6. The first kappa shape index (κ1) is 23.5. The molecule has 1 N–H and O–H groups in total. The van der Waals surface area contributed by atoms with Gasteiger partial charge < -0.3 is 9.72 Å². The van der Waals surface area contributed by atoms with Crippen LogP contribution in [0.2, 0.25) is 0 Å². The monoisotopic (exact) mass is 473 g/mol. The van der Waals surface area contributed by atoms with E-state index in [1.807, 2.05) is 19.9 Å². The Kier molecular flexibility index (Phi) is 6.35. The highest BCUT2D eigenvalue weighted by atomic mass is 32.2. The molecule has 33 heavy (non-hydrogen) atoms. The third-order valence-electron chi connectivity index (χ3n) is 6.77. The Bertz CT molecular complexity index is 1120. The Balaban J connectivity index is 1.69. The minimum absolute atomic E-state index is 0.116. The number of H-pyrrole nitrogens is 1. The second-order valence-corrected chi connectivity index (χ2v) is 11.0. The molecule has 0 amide bonds. The molecule has 1 aliphatic heterocycles. The van der Waals surface area contributed by atoms with Gasteiger partial charge in [-0.2, -0.15) is 8.42 Å². The number of nitrogens with zero attached hydrogens (tertiary/aromatic N) is 2. The average molecular weight is 474 g/mol. The first-order valence-corrected chi connectivity index (χ1v) is 13.0. The fourth-order valence-electron chi connectivity index (χ4n) is 5.07. The van der Waals surface area contributed by atoms with E-state index in [0.29, 0.717) is 18.5 Å². The number of ether oxygens (including phenoxy) is 1. The molecule has 1 saturated carbocycles. The number of nitrogens with one attached hydrogen (secondary N) is 1. The molecule has 2 heterocycles. The Morgan fingerprint density at radius 3 is 2.48 bits per heavy atom. The Morgan fingerprint density at radius 2 is 1.91 bits per heavy atom. The number of imidazole rings is 1. The second kappa shape index (κ2) is 8.93. The summed E-state index contributed by atoms with van der Waals surface area (Å²) < 4.78 is 32.8. The van der Waals surface area contributed by atoms with E-state index in [2.05, 4.69) is 9.97 Å². The molecule has 1 aromatic carbocycles. The molecule has 4 rings (SSSR count). The SMILES string of the molecule is CCCC1(CCC)OC(=O)C(C(c2cccc(N(C)S(=O)(=O)c3ncc[nH]3)c2)C2CC2)C1=O. The van der Waals surface area contributed by atoms with Crippen molar-refractivity contribution in [2.24, 2.45) is 11.8 Å². The van der Waals surface area contributed by atoms with Crippen molar-refractivity contribution in [1.82, 2.24) is 9.97 Å². The number of ketones is 1. The molecule has 0 radical (unpaired) electrons. The molecule has 1 saturated heterocycles. The number of rotatable bonds is 10. The molecule has 8 nitrogen and oxygen atoms in total. The van der Waals surface area contributed by atoms with Gasteiger partial charge in [-0.1, -0.05) is 38.8 Å². The molecular weight excluding hydrogens is 442 g/mol. The predicted molar refractivity (Wildman–Crippen MR) is 123 cm³/mol.